The number of piperazine rings is 1. The molecular formula is C15H22N4O. The van der Waals surface area contributed by atoms with E-state index in [4.69, 9.17) is 15.7 Å². The molecule has 1 saturated heterocycles. The molecule has 1 heterocycles. The van der Waals surface area contributed by atoms with Crippen LogP contribution in [0.2, 0.25) is 0 Å². The lowest BCUT2D eigenvalue weighted by molar-refractivity contribution is 0.252. The second-order valence-electron chi connectivity index (χ2n) is 5.05. The first-order valence-corrected chi connectivity index (χ1v) is 6.99. The third kappa shape index (κ3) is 3.86. The minimum Gasteiger partial charge on any atom is -0.497 e. The van der Waals surface area contributed by atoms with Crippen molar-refractivity contribution < 1.29 is 4.74 Å². The standard InChI is InChI=1S/C15H22N4O/c1-20-15-4-2-14(3-5-15)19-10-8-18(9-11-19)7-6-13(17)12-16/h2-5,13H,6-11,17H2,1H3. The Hall–Kier alpha value is -1.77. The third-order valence-electron chi connectivity index (χ3n) is 3.73. The quantitative estimate of drug-likeness (QED) is 0.869. The number of nitriles is 1. The van der Waals surface area contributed by atoms with Gasteiger partial charge >= 0.3 is 0 Å². The van der Waals surface area contributed by atoms with E-state index in [1.165, 1.54) is 5.69 Å². The largest absolute Gasteiger partial charge is 0.497 e. The Balaban J connectivity index is 1.80. The lowest BCUT2D eigenvalue weighted by atomic mass is 10.2. The average Bonchev–Trinajstić information content (AvgIpc) is 2.53. The van der Waals surface area contributed by atoms with Gasteiger partial charge in [-0.1, -0.05) is 0 Å². The number of hydrogen-bond donors (Lipinski definition) is 1. The van der Waals surface area contributed by atoms with E-state index in [0.29, 0.717) is 0 Å². The number of nitrogens with two attached hydrogens (primary N) is 1. The summed E-state index contributed by atoms with van der Waals surface area (Å²) < 4.78 is 5.17. The SMILES string of the molecule is COc1ccc(N2CCN(CCC(N)C#N)CC2)cc1. The van der Waals surface area contributed by atoms with Crippen LogP contribution in [0.15, 0.2) is 24.3 Å². The Morgan fingerprint density at radius 2 is 1.90 bits per heavy atom. The molecule has 2 rings (SSSR count). The molecule has 1 aliphatic heterocycles. The molecule has 1 aromatic rings. The smallest absolute Gasteiger partial charge is 0.119 e. The molecule has 0 aliphatic carbocycles. The van der Waals surface area contributed by atoms with E-state index in [1.807, 2.05) is 12.1 Å². The average molecular weight is 274 g/mol. The molecule has 2 N–H and O–H groups in total. The van der Waals surface area contributed by atoms with E-state index in [1.54, 1.807) is 7.11 Å². The molecular weight excluding hydrogens is 252 g/mol. The molecule has 1 fully saturated rings. The molecule has 108 valence electrons. The summed E-state index contributed by atoms with van der Waals surface area (Å²) in [5.74, 6) is 0.887. The van der Waals surface area contributed by atoms with Crippen molar-refractivity contribution in [2.45, 2.75) is 12.5 Å². The maximum Gasteiger partial charge on any atom is 0.119 e. The summed E-state index contributed by atoms with van der Waals surface area (Å²) in [4.78, 5) is 4.75. The van der Waals surface area contributed by atoms with Crippen LogP contribution in [-0.4, -0.2) is 50.8 Å². The van der Waals surface area contributed by atoms with Gasteiger partial charge in [-0.2, -0.15) is 5.26 Å². The highest BCUT2D eigenvalue weighted by molar-refractivity contribution is 5.49. The summed E-state index contributed by atoms with van der Waals surface area (Å²) >= 11 is 0. The van der Waals surface area contributed by atoms with Gasteiger partial charge in [0.15, 0.2) is 0 Å². The summed E-state index contributed by atoms with van der Waals surface area (Å²) in [5, 5.41) is 8.69. The Morgan fingerprint density at radius 1 is 1.25 bits per heavy atom. The second kappa shape index (κ2) is 7.13. The number of ether oxygens (including phenoxy) is 1. The first-order chi connectivity index (χ1) is 9.72. The van der Waals surface area contributed by atoms with Crippen LogP contribution < -0.4 is 15.4 Å². The Morgan fingerprint density at radius 3 is 2.45 bits per heavy atom. The van der Waals surface area contributed by atoms with Crippen molar-refractivity contribution in [1.82, 2.24) is 4.90 Å². The van der Waals surface area contributed by atoms with E-state index < -0.39 is 0 Å². The molecule has 1 unspecified atom stereocenters. The Kier molecular flexibility index (Phi) is 5.22. The van der Waals surface area contributed by atoms with Gasteiger partial charge in [0.2, 0.25) is 0 Å². The van der Waals surface area contributed by atoms with Crippen molar-refractivity contribution in [2.75, 3.05) is 44.7 Å². The number of methoxy groups -OCH3 is 1. The normalized spacial score (nSPS) is 17.6. The highest BCUT2D eigenvalue weighted by atomic mass is 16.5. The van der Waals surface area contributed by atoms with Crippen LogP contribution in [0.1, 0.15) is 6.42 Å². The molecule has 0 amide bonds. The fourth-order valence-corrected chi connectivity index (χ4v) is 2.41. The molecule has 0 saturated carbocycles. The number of benzene rings is 1. The van der Waals surface area contributed by atoms with Gasteiger partial charge in [0.1, 0.15) is 5.75 Å². The molecule has 1 aliphatic rings. The Labute approximate surface area is 120 Å². The van der Waals surface area contributed by atoms with Crippen LogP contribution in [0, 0.1) is 11.3 Å². The fourth-order valence-electron chi connectivity index (χ4n) is 2.41. The van der Waals surface area contributed by atoms with E-state index in [0.717, 1.165) is 44.9 Å². The van der Waals surface area contributed by atoms with Gasteiger partial charge in [-0.3, -0.25) is 4.90 Å². The van der Waals surface area contributed by atoms with Crippen LogP contribution >= 0.6 is 0 Å². The van der Waals surface area contributed by atoms with Crippen LogP contribution in [0.5, 0.6) is 5.75 Å². The van der Waals surface area contributed by atoms with Gasteiger partial charge in [-0.15, -0.1) is 0 Å². The highest BCUT2D eigenvalue weighted by Crippen LogP contribution is 2.20. The summed E-state index contributed by atoms with van der Waals surface area (Å²) in [7, 11) is 1.68. The molecule has 0 bridgehead atoms. The fraction of sp³-hybridized carbons (Fsp3) is 0.533. The minimum absolute atomic E-state index is 0.338. The maximum absolute atomic E-state index is 8.69. The topological polar surface area (TPSA) is 65.5 Å². The van der Waals surface area contributed by atoms with Crippen molar-refractivity contribution in [1.29, 1.82) is 5.26 Å². The zero-order chi connectivity index (χ0) is 14.4. The number of hydrogen-bond acceptors (Lipinski definition) is 5. The minimum atomic E-state index is -0.338. The lowest BCUT2D eigenvalue weighted by Gasteiger charge is -2.36. The van der Waals surface area contributed by atoms with Crippen molar-refractivity contribution in [2.24, 2.45) is 5.73 Å². The molecule has 1 atom stereocenters. The van der Waals surface area contributed by atoms with Crippen LogP contribution in [-0.2, 0) is 0 Å². The van der Waals surface area contributed by atoms with E-state index in [-0.39, 0.29) is 6.04 Å². The van der Waals surface area contributed by atoms with Gasteiger partial charge in [0.25, 0.3) is 0 Å². The number of rotatable bonds is 5. The van der Waals surface area contributed by atoms with Crippen molar-refractivity contribution in [3.05, 3.63) is 24.3 Å². The molecule has 20 heavy (non-hydrogen) atoms. The lowest BCUT2D eigenvalue weighted by Crippen LogP contribution is -2.47. The first kappa shape index (κ1) is 14.6. The predicted molar refractivity (Wildman–Crippen MR) is 79.9 cm³/mol. The van der Waals surface area contributed by atoms with Crippen molar-refractivity contribution >= 4 is 5.69 Å². The van der Waals surface area contributed by atoms with E-state index in [9.17, 15) is 0 Å². The van der Waals surface area contributed by atoms with Crippen molar-refractivity contribution in [3.63, 3.8) is 0 Å². The highest BCUT2D eigenvalue weighted by Gasteiger charge is 2.17. The van der Waals surface area contributed by atoms with Gasteiger partial charge in [-0.25, -0.2) is 0 Å². The van der Waals surface area contributed by atoms with Crippen LogP contribution in [0.25, 0.3) is 0 Å². The molecule has 0 spiro atoms. The zero-order valence-electron chi connectivity index (χ0n) is 12.0. The zero-order valence-corrected chi connectivity index (χ0v) is 12.0. The molecule has 0 radical (unpaired) electrons. The van der Waals surface area contributed by atoms with Crippen molar-refractivity contribution in [3.8, 4) is 11.8 Å². The van der Waals surface area contributed by atoms with Gasteiger partial charge < -0.3 is 15.4 Å². The molecule has 5 heteroatoms. The summed E-state index contributed by atoms with van der Waals surface area (Å²) in [5.41, 5.74) is 6.86. The number of nitrogens with zero attached hydrogens (tertiary/aromatic N) is 3. The van der Waals surface area contributed by atoms with Gasteiger partial charge in [0, 0.05) is 38.4 Å². The molecule has 1 aromatic carbocycles. The summed E-state index contributed by atoms with van der Waals surface area (Å²) in [6.07, 6.45) is 0.749. The summed E-state index contributed by atoms with van der Waals surface area (Å²) in [6, 6.07) is 9.92. The van der Waals surface area contributed by atoms with Crippen LogP contribution in [0.4, 0.5) is 5.69 Å². The van der Waals surface area contributed by atoms with E-state index >= 15 is 0 Å². The number of anilines is 1. The van der Waals surface area contributed by atoms with E-state index in [2.05, 4.69) is 28.0 Å². The third-order valence-corrected chi connectivity index (χ3v) is 3.73. The Bertz CT molecular complexity index is 446. The second-order valence-corrected chi connectivity index (χ2v) is 5.05. The van der Waals surface area contributed by atoms with Gasteiger partial charge in [0.05, 0.1) is 19.2 Å². The van der Waals surface area contributed by atoms with Gasteiger partial charge in [-0.05, 0) is 30.7 Å². The predicted octanol–water partition coefficient (Wildman–Crippen LogP) is 1.06. The summed E-state index contributed by atoms with van der Waals surface area (Å²) in [6.45, 7) is 4.96. The van der Waals surface area contributed by atoms with Crippen LogP contribution in [0.3, 0.4) is 0 Å². The first-order valence-electron chi connectivity index (χ1n) is 6.99. The molecule has 0 aromatic heterocycles. The monoisotopic (exact) mass is 274 g/mol. The molecule has 5 nitrogen and oxygen atoms in total. The maximum atomic E-state index is 8.69.